The van der Waals surface area contributed by atoms with Gasteiger partial charge in [0.15, 0.2) is 0 Å². The van der Waals surface area contributed by atoms with Gasteiger partial charge in [-0.25, -0.2) is 0 Å². The van der Waals surface area contributed by atoms with Crippen molar-refractivity contribution in [3.8, 4) is 0 Å². The Kier molecular flexibility index (Phi) is 2.94. The topological polar surface area (TPSA) is 39.3 Å². The summed E-state index contributed by atoms with van der Waals surface area (Å²) in [7, 11) is 0. The molecule has 0 aliphatic carbocycles. The fraction of sp³-hybridized carbons (Fsp3) is 0.333. The van der Waals surface area contributed by atoms with E-state index >= 15 is 0 Å². The minimum atomic E-state index is -0.710. The minimum absolute atomic E-state index is 0.697. The summed E-state index contributed by atoms with van der Waals surface area (Å²) in [6.45, 7) is 2.54. The van der Waals surface area contributed by atoms with E-state index < -0.39 is 5.60 Å². The third-order valence-corrected chi connectivity index (χ3v) is 3.68. The van der Waals surface area contributed by atoms with Gasteiger partial charge in [0.1, 0.15) is 5.60 Å². The van der Waals surface area contributed by atoms with E-state index in [1.807, 2.05) is 24.4 Å². The zero-order valence-corrected chi connectivity index (χ0v) is 10.3. The molecule has 1 aromatic heterocycles. The number of aliphatic hydroxyl groups is 1. The molecule has 0 saturated carbocycles. The molecule has 1 saturated heterocycles. The lowest BCUT2D eigenvalue weighted by Crippen LogP contribution is -2.30. The highest BCUT2D eigenvalue weighted by Gasteiger charge is 2.38. The molecule has 1 aliphatic heterocycles. The molecule has 3 rings (SSSR count). The quantitative estimate of drug-likeness (QED) is 0.865. The number of β-amino-alcohol motifs (C(OH)–C–C–N with tert-alkyl or cyclic N) is 1. The average Bonchev–Trinajstić information content (AvgIpc) is 3.01. The molecule has 3 heteroatoms. The Morgan fingerprint density at radius 2 is 2.00 bits per heavy atom. The molecule has 1 unspecified atom stereocenters. The molecular formula is C15H18N2O. The van der Waals surface area contributed by atoms with Gasteiger partial charge >= 0.3 is 0 Å². The van der Waals surface area contributed by atoms with Crippen LogP contribution in [0.3, 0.4) is 0 Å². The molecule has 1 atom stereocenters. The predicted octanol–water partition coefficient (Wildman–Crippen LogP) is 2.11. The van der Waals surface area contributed by atoms with Gasteiger partial charge in [0, 0.05) is 31.5 Å². The van der Waals surface area contributed by atoms with Crippen LogP contribution in [0, 0.1) is 0 Å². The van der Waals surface area contributed by atoms with Crippen molar-refractivity contribution in [3.05, 3.63) is 59.9 Å². The second-order valence-corrected chi connectivity index (χ2v) is 5.06. The van der Waals surface area contributed by atoms with Crippen LogP contribution >= 0.6 is 0 Å². The molecule has 1 aromatic carbocycles. The first-order valence-corrected chi connectivity index (χ1v) is 6.39. The molecule has 18 heavy (non-hydrogen) atoms. The Morgan fingerprint density at radius 1 is 1.17 bits per heavy atom. The summed E-state index contributed by atoms with van der Waals surface area (Å²) in [6, 6.07) is 14.3. The first-order chi connectivity index (χ1) is 8.76. The van der Waals surface area contributed by atoms with Gasteiger partial charge in [0.2, 0.25) is 0 Å². The molecule has 0 spiro atoms. The standard InChI is InChI=1S/C15H18N2O/c18-15(14-7-4-9-16-14)8-10-17(12-15)11-13-5-2-1-3-6-13/h1-7,9,16,18H,8,10-12H2. The maximum absolute atomic E-state index is 10.6. The monoisotopic (exact) mass is 242 g/mol. The second-order valence-electron chi connectivity index (χ2n) is 5.06. The Labute approximate surface area is 107 Å². The van der Waals surface area contributed by atoms with Gasteiger partial charge in [-0.05, 0) is 24.1 Å². The fourth-order valence-corrected chi connectivity index (χ4v) is 2.69. The van der Waals surface area contributed by atoms with Crippen LogP contribution in [0.25, 0.3) is 0 Å². The van der Waals surface area contributed by atoms with Gasteiger partial charge in [-0.3, -0.25) is 4.90 Å². The van der Waals surface area contributed by atoms with E-state index in [0.29, 0.717) is 6.54 Å². The van der Waals surface area contributed by atoms with Crippen molar-refractivity contribution in [2.45, 2.75) is 18.6 Å². The van der Waals surface area contributed by atoms with E-state index in [1.165, 1.54) is 5.56 Å². The molecule has 3 nitrogen and oxygen atoms in total. The lowest BCUT2D eigenvalue weighted by molar-refractivity contribution is 0.0415. The van der Waals surface area contributed by atoms with E-state index in [9.17, 15) is 5.11 Å². The smallest absolute Gasteiger partial charge is 0.118 e. The summed E-state index contributed by atoms with van der Waals surface area (Å²) in [5.74, 6) is 0. The van der Waals surface area contributed by atoms with Gasteiger partial charge in [-0.15, -0.1) is 0 Å². The van der Waals surface area contributed by atoms with Gasteiger partial charge in [-0.2, -0.15) is 0 Å². The maximum atomic E-state index is 10.6. The van der Waals surface area contributed by atoms with Gasteiger partial charge in [0.25, 0.3) is 0 Å². The molecule has 0 amide bonds. The highest BCUT2D eigenvalue weighted by molar-refractivity contribution is 5.18. The first-order valence-electron chi connectivity index (χ1n) is 6.39. The molecule has 2 aromatic rings. The molecule has 1 fully saturated rings. The predicted molar refractivity (Wildman–Crippen MR) is 71.0 cm³/mol. The van der Waals surface area contributed by atoms with Crippen LogP contribution in [0.15, 0.2) is 48.7 Å². The SMILES string of the molecule is OC1(c2ccc[nH]2)CCN(Cc2ccccc2)C1. The number of H-pyrrole nitrogens is 1. The van der Waals surface area contributed by atoms with Crippen LogP contribution in [0.1, 0.15) is 17.7 Å². The number of hydrogen-bond acceptors (Lipinski definition) is 2. The second kappa shape index (κ2) is 4.59. The molecule has 94 valence electrons. The van der Waals surface area contributed by atoms with Crippen molar-refractivity contribution in [1.82, 2.24) is 9.88 Å². The average molecular weight is 242 g/mol. The van der Waals surface area contributed by atoms with Gasteiger partial charge in [0.05, 0.1) is 0 Å². The molecule has 1 aliphatic rings. The molecular weight excluding hydrogens is 224 g/mol. The number of nitrogens with zero attached hydrogens (tertiary/aromatic N) is 1. The van der Waals surface area contributed by atoms with Crippen molar-refractivity contribution in [3.63, 3.8) is 0 Å². The van der Waals surface area contributed by atoms with E-state index in [1.54, 1.807) is 0 Å². The highest BCUT2D eigenvalue weighted by atomic mass is 16.3. The highest BCUT2D eigenvalue weighted by Crippen LogP contribution is 2.31. The summed E-state index contributed by atoms with van der Waals surface area (Å²) < 4.78 is 0. The lowest BCUT2D eigenvalue weighted by Gasteiger charge is -2.22. The zero-order valence-electron chi connectivity index (χ0n) is 10.3. The number of hydrogen-bond donors (Lipinski definition) is 2. The molecule has 2 heterocycles. The molecule has 0 bridgehead atoms. The summed E-state index contributed by atoms with van der Waals surface area (Å²) in [5, 5.41) is 10.6. The normalized spacial score (nSPS) is 24.5. The van der Waals surface area contributed by atoms with Gasteiger partial charge in [-0.1, -0.05) is 30.3 Å². The van der Waals surface area contributed by atoms with Crippen molar-refractivity contribution < 1.29 is 5.11 Å². The van der Waals surface area contributed by atoms with E-state index in [0.717, 1.165) is 25.2 Å². The van der Waals surface area contributed by atoms with E-state index in [2.05, 4.69) is 34.1 Å². The zero-order chi connectivity index (χ0) is 12.4. The largest absolute Gasteiger partial charge is 0.382 e. The van der Waals surface area contributed by atoms with Crippen LogP contribution in [0.5, 0.6) is 0 Å². The Balaban J connectivity index is 1.69. The summed E-state index contributed by atoms with van der Waals surface area (Å²) >= 11 is 0. The van der Waals surface area contributed by atoms with E-state index in [-0.39, 0.29) is 0 Å². The Bertz CT molecular complexity index is 494. The number of nitrogens with one attached hydrogen (secondary N) is 1. The van der Waals surface area contributed by atoms with Crippen molar-refractivity contribution in [2.75, 3.05) is 13.1 Å². The maximum Gasteiger partial charge on any atom is 0.118 e. The third kappa shape index (κ3) is 2.19. The van der Waals surface area contributed by atoms with Crippen LogP contribution in [0.4, 0.5) is 0 Å². The van der Waals surface area contributed by atoms with Crippen LogP contribution in [0.2, 0.25) is 0 Å². The lowest BCUT2D eigenvalue weighted by atomic mass is 9.99. The minimum Gasteiger partial charge on any atom is -0.382 e. The molecule has 2 N–H and O–H groups in total. The summed E-state index contributed by atoms with van der Waals surface area (Å²) in [4.78, 5) is 5.43. The Hall–Kier alpha value is -1.58. The van der Waals surface area contributed by atoms with Crippen LogP contribution in [-0.4, -0.2) is 28.1 Å². The molecule has 0 radical (unpaired) electrons. The Morgan fingerprint density at radius 3 is 2.72 bits per heavy atom. The van der Waals surface area contributed by atoms with Crippen molar-refractivity contribution in [2.24, 2.45) is 0 Å². The fourth-order valence-electron chi connectivity index (χ4n) is 2.69. The number of aromatic amines is 1. The summed E-state index contributed by atoms with van der Waals surface area (Å²) in [6.07, 6.45) is 2.66. The van der Waals surface area contributed by atoms with Crippen molar-refractivity contribution in [1.29, 1.82) is 0 Å². The first kappa shape index (κ1) is 11.5. The van der Waals surface area contributed by atoms with E-state index in [4.69, 9.17) is 0 Å². The van der Waals surface area contributed by atoms with Crippen LogP contribution < -0.4 is 0 Å². The number of rotatable bonds is 3. The van der Waals surface area contributed by atoms with Crippen molar-refractivity contribution >= 4 is 0 Å². The number of aromatic nitrogens is 1. The van der Waals surface area contributed by atoms with Crippen LogP contribution in [-0.2, 0) is 12.1 Å². The van der Waals surface area contributed by atoms with Gasteiger partial charge < -0.3 is 10.1 Å². The number of likely N-dealkylation sites (tertiary alicyclic amines) is 1. The summed E-state index contributed by atoms with van der Waals surface area (Å²) in [5.41, 5.74) is 1.52. The third-order valence-electron chi connectivity index (χ3n) is 3.68. The number of benzene rings is 1.